The predicted octanol–water partition coefficient (Wildman–Crippen LogP) is 1.92. The maximum absolute atomic E-state index is 11.6. The highest BCUT2D eigenvalue weighted by molar-refractivity contribution is 5.76. The number of hydrogen-bond donors (Lipinski definition) is 3. The zero-order chi connectivity index (χ0) is 15.3. The molecule has 1 aromatic carbocycles. The smallest absolute Gasteiger partial charge is 0.321 e. The van der Waals surface area contributed by atoms with E-state index in [1.54, 1.807) is 0 Å². The van der Waals surface area contributed by atoms with Crippen molar-refractivity contribution in [3.8, 4) is 0 Å². The molecule has 1 atom stereocenters. The van der Waals surface area contributed by atoms with E-state index in [9.17, 15) is 14.7 Å². The second-order valence-corrected chi connectivity index (χ2v) is 5.78. The Bertz CT molecular complexity index is 494. The van der Waals surface area contributed by atoms with Gasteiger partial charge in [-0.05, 0) is 24.8 Å². The fourth-order valence-corrected chi connectivity index (χ4v) is 3.40. The average molecular weight is 291 g/mol. The predicted molar refractivity (Wildman–Crippen MR) is 78.1 cm³/mol. The second kappa shape index (κ2) is 6.72. The first-order valence-corrected chi connectivity index (χ1v) is 7.25. The van der Waals surface area contributed by atoms with Crippen LogP contribution in [0.25, 0.3) is 0 Å². The number of carbonyl (C=O) groups is 2. The highest BCUT2D eigenvalue weighted by atomic mass is 16.4. The molecule has 0 aliphatic heterocycles. The van der Waals surface area contributed by atoms with Crippen LogP contribution in [0, 0.1) is 5.41 Å². The quantitative estimate of drug-likeness (QED) is 0.714. The molecule has 0 aromatic heterocycles. The Kier molecular flexibility index (Phi) is 4.96. The van der Waals surface area contributed by atoms with Crippen LogP contribution in [0.4, 0.5) is 0 Å². The van der Waals surface area contributed by atoms with Gasteiger partial charge in [0.1, 0.15) is 6.04 Å². The Morgan fingerprint density at radius 1 is 1.14 bits per heavy atom. The molecule has 21 heavy (non-hydrogen) atoms. The van der Waals surface area contributed by atoms with Gasteiger partial charge in [-0.2, -0.15) is 0 Å². The van der Waals surface area contributed by atoms with Crippen LogP contribution in [0.5, 0.6) is 0 Å². The van der Waals surface area contributed by atoms with E-state index in [1.807, 2.05) is 30.3 Å². The summed E-state index contributed by atoms with van der Waals surface area (Å²) in [5.74, 6) is -2.00. The minimum Gasteiger partial charge on any atom is -0.480 e. The molecule has 1 aliphatic carbocycles. The number of nitrogens with one attached hydrogen (secondary N) is 1. The summed E-state index contributed by atoms with van der Waals surface area (Å²) in [5.41, 5.74) is 0.700. The van der Waals surface area contributed by atoms with Gasteiger partial charge in [0.2, 0.25) is 0 Å². The summed E-state index contributed by atoms with van der Waals surface area (Å²) < 4.78 is 0. The van der Waals surface area contributed by atoms with Gasteiger partial charge in [-0.25, -0.2) is 0 Å². The number of benzene rings is 1. The molecule has 2 rings (SSSR count). The van der Waals surface area contributed by atoms with Gasteiger partial charge in [-0.3, -0.25) is 14.9 Å². The van der Waals surface area contributed by atoms with Gasteiger partial charge >= 0.3 is 11.9 Å². The van der Waals surface area contributed by atoms with Crippen molar-refractivity contribution in [3.05, 3.63) is 35.9 Å². The first-order valence-electron chi connectivity index (χ1n) is 7.25. The molecule has 1 aromatic rings. The minimum absolute atomic E-state index is 0.326. The standard InChI is InChI=1S/C16H21NO4/c18-13(19)11-17-14(15(20)21)16(8-4-5-9-16)10-12-6-2-1-3-7-12/h1-3,6-7,14,17H,4-5,8-11H2,(H,18,19)(H,20,21). The molecule has 0 saturated heterocycles. The van der Waals surface area contributed by atoms with E-state index < -0.39 is 23.4 Å². The first kappa shape index (κ1) is 15.5. The average Bonchev–Trinajstić information content (AvgIpc) is 2.88. The molecule has 0 bridgehead atoms. The SMILES string of the molecule is O=C(O)CNC(C(=O)O)C1(Cc2ccccc2)CCCC1. The first-order chi connectivity index (χ1) is 10.0. The van der Waals surface area contributed by atoms with Crippen molar-refractivity contribution >= 4 is 11.9 Å². The van der Waals surface area contributed by atoms with Gasteiger partial charge in [0.05, 0.1) is 6.54 Å². The molecule has 0 spiro atoms. The van der Waals surface area contributed by atoms with E-state index >= 15 is 0 Å². The Balaban J connectivity index is 2.21. The molecule has 1 aliphatic rings. The number of hydrogen-bond acceptors (Lipinski definition) is 3. The second-order valence-electron chi connectivity index (χ2n) is 5.78. The van der Waals surface area contributed by atoms with Crippen LogP contribution in [-0.2, 0) is 16.0 Å². The third kappa shape index (κ3) is 3.82. The summed E-state index contributed by atoms with van der Waals surface area (Å²) in [6, 6.07) is 8.99. The number of carboxylic acid groups (broad SMARTS) is 2. The zero-order valence-corrected chi connectivity index (χ0v) is 11.9. The lowest BCUT2D eigenvalue weighted by Crippen LogP contribution is -2.51. The zero-order valence-electron chi connectivity index (χ0n) is 11.9. The van der Waals surface area contributed by atoms with Crippen LogP contribution in [0.15, 0.2) is 30.3 Å². The molecule has 1 fully saturated rings. The van der Waals surface area contributed by atoms with E-state index in [0.29, 0.717) is 6.42 Å². The third-order valence-corrected chi connectivity index (χ3v) is 4.32. The maximum Gasteiger partial charge on any atom is 0.321 e. The number of rotatable bonds is 7. The summed E-state index contributed by atoms with van der Waals surface area (Å²) in [5, 5.41) is 21.1. The lowest BCUT2D eigenvalue weighted by Gasteiger charge is -2.35. The Morgan fingerprint density at radius 3 is 2.29 bits per heavy atom. The van der Waals surface area contributed by atoms with E-state index in [2.05, 4.69) is 5.32 Å². The van der Waals surface area contributed by atoms with Gasteiger partial charge in [-0.15, -0.1) is 0 Å². The summed E-state index contributed by atoms with van der Waals surface area (Å²) in [4.78, 5) is 22.4. The van der Waals surface area contributed by atoms with Crippen molar-refractivity contribution in [3.63, 3.8) is 0 Å². The van der Waals surface area contributed by atoms with Crippen LogP contribution in [0.3, 0.4) is 0 Å². The molecular formula is C16H21NO4. The molecule has 3 N–H and O–H groups in total. The fraction of sp³-hybridized carbons (Fsp3) is 0.500. The molecule has 114 valence electrons. The summed E-state index contributed by atoms with van der Waals surface area (Å²) in [6.45, 7) is -0.326. The largest absolute Gasteiger partial charge is 0.480 e. The van der Waals surface area contributed by atoms with Crippen LogP contribution >= 0.6 is 0 Å². The normalized spacial score (nSPS) is 18.3. The van der Waals surface area contributed by atoms with E-state index in [1.165, 1.54) is 0 Å². The molecular weight excluding hydrogens is 270 g/mol. The maximum atomic E-state index is 11.6. The van der Waals surface area contributed by atoms with Crippen molar-refractivity contribution in [1.82, 2.24) is 5.32 Å². The summed E-state index contributed by atoms with van der Waals surface area (Å²) in [6.07, 6.45) is 4.27. The highest BCUT2D eigenvalue weighted by Gasteiger charge is 2.45. The van der Waals surface area contributed by atoms with Crippen molar-refractivity contribution in [2.75, 3.05) is 6.54 Å². The number of carboxylic acids is 2. The Morgan fingerprint density at radius 2 is 1.76 bits per heavy atom. The molecule has 5 heteroatoms. The molecule has 0 radical (unpaired) electrons. The lowest BCUT2D eigenvalue weighted by molar-refractivity contribution is -0.144. The van der Waals surface area contributed by atoms with E-state index in [-0.39, 0.29) is 6.54 Å². The molecule has 1 unspecified atom stereocenters. The van der Waals surface area contributed by atoms with Crippen LogP contribution in [0.1, 0.15) is 31.2 Å². The van der Waals surface area contributed by atoms with Gasteiger partial charge in [0.15, 0.2) is 0 Å². The summed E-state index contributed by atoms with van der Waals surface area (Å²) in [7, 11) is 0. The fourth-order valence-electron chi connectivity index (χ4n) is 3.40. The van der Waals surface area contributed by atoms with Crippen LogP contribution in [-0.4, -0.2) is 34.7 Å². The van der Waals surface area contributed by atoms with Crippen molar-refractivity contribution in [2.45, 2.75) is 38.1 Å². The van der Waals surface area contributed by atoms with Crippen molar-refractivity contribution in [2.24, 2.45) is 5.41 Å². The monoisotopic (exact) mass is 291 g/mol. The van der Waals surface area contributed by atoms with Gasteiger partial charge in [0, 0.05) is 5.41 Å². The lowest BCUT2D eigenvalue weighted by atomic mass is 9.73. The van der Waals surface area contributed by atoms with E-state index in [4.69, 9.17) is 5.11 Å². The summed E-state index contributed by atoms with van der Waals surface area (Å²) >= 11 is 0. The molecule has 1 saturated carbocycles. The van der Waals surface area contributed by atoms with Gasteiger partial charge in [-0.1, -0.05) is 43.2 Å². The highest BCUT2D eigenvalue weighted by Crippen LogP contribution is 2.44. The van der Waals surface area contributed by atoms with Gasteiger partial charge < -0.3 is 10.2 Å². The molecule has 5 nitrogen and oxygen atoms in total. The van der Waals surface area contributed by atoms with Crippen LogP contribution in [0.2, 0.25) is 0 Å². The molecule has 0 heterocycles. The van der Waals surface area contributed by atoms with Gasteiger partial charge in [0.25, 0.3) is 0 Å². The Hall–Kier alpha value is -1.88. The topological polar surface area (TPSA) is 86.6 Å². The van der Waals surface area contributed by atoms with Crippen LogP contribution < -0.4 is 5.32 Å². The van der Waals surface area contributed by atoms with Crippen molar-refractivity contribution < 1.29 is 19.8 Å². The van der Waals surface area contributed by atoms with Crippen molar-refractivity contribution in [1.29, 1.82) is 0 Å². The van der Waals surface area contributed by atoms with E-state index in [0.717, 1.165) is 31.2 Å². The number of aliphatic carboxylic acids is 2. The Labute approximate surface area is 124 Å². The minimum atomic E-state index is -1.03. The molecule has 0 amide bonds. The third-order valence-electron chi connectivity index (χ3n) is 4.32.